The number of hydrogen-bond acceptors (Lipinski definition) is 1. The van der Waals surface area contributed by atoms with E-state index in [1.807, 2.05) is 0 Å². The molecule has 0 amide bonds. The highest BCUT2D eigenvalue weighted by molar-refractivity contribution is 4.86. The van der Waals surface area contributed by atoms with Crippen molar-refractivity contribution in [3.05, 3.63) is 0 Å². The second kappa shape index (κ2) is 6.61. The van der Waals surface area contributed by atoms with E-state index in [9.17, 15) is 0 Å². The average molecular weight is 265 g/mol. The fourth-order valence-corrected chi connectivity index (χ4v) is 3.64. The van der Waals surface area contributed by atoms with Crippen LogP contribution in [0, 0.1) is 23.2 Å². The van der Waals surface area contributed by atoms with E-state index in [0.717, 1.165) is 23.8 Å². The van der Waals surface area contributed by atoms with Crippen LogP contribution in [0.4, 0.5) is 0 Å². The van der Waals surface area contributed by atoms with Crippen LogP contribution in [0.3, 0.4) is 0 Å². The Morgan fingerprint density at radius 1 is 1.00 bits per heavy atom. The van der Waals surface area contributed by atoms with Crippen molar-refractivity contribution in [1.82, 2.24) is 5.32 Å². The Labute approximate surface area is 120 Å². The van der Waals surface area contributed by atoms with Crippen molar-refractivity contribution in [2.45, 2.75) is 85.1 Å². The topological polar surface area (TPSA) is 12.0 Å². The van der Waals surface area contributed by atoms with Gasteiger partial charge in [-0.15, -0.1) is 0 Å². The molecular weight excluding hydrogens is 230 g/mol. The van der Waals surface area contributed by atoms with Crippen molar-refractivity contribution in [3.63, 3.8) is 0 Å². The summed E-state index contributed by atoms with van der Waals surface area (Å²) in [5.74, 6) is 2.97. The zero-order valence-corrected chi connectivity index (χ0v) is 13.7. The smallest absolute Gasteiger partial charge is 0.00683 e. The molecule has 2 aliphatic carbocycles. The molecule has 112 valence electrons. The van der Waals surface area contributed by atoms with Crippen LogP contribution in [0.5, 0.6) is 0 Å². The summed E-state index contributed by atoms with van der Waals surface area (Å²) in [6, 6.07) is 0.882. The van der Waals surface area contributed by atoms with Gasteiger partial charge in [-0.1, -0.05) is 40.5 Å². The molecule has 0 spiro atoms. The fraction of sp³-hybridized carbons (Fsp3) is 1.00. The molecule has 3 unspecified atom stereocenters. The van der Waals surface area contributed by atoms with Gasteiger partial charge in [-0.25, -0.2) is 0 Å². The maximum absolute atomic E-state index is 3.79. The zero-order chi connectivity index (χ0) is 13.9. The molecule has 3 atom stereocenters. The first-order chi connectivity index (χ1) is 8.98. The van der Waals surface area contributed by atoms with Crippen molar-refractivity contribution in [2.24, 2.45) is 23.2 Å². The monoisotopic (exact) mass is 265 g/mol. The number of nitrogens with one attached hydrogen (secondary N) is 1. The summed E-state index contributed by atoms with van der Waals surface area (Å²) in [4.78, 5) is 0. The summed E-state index contributed by atoms with van der Waals surface area (Å²) in [6.45, 7) is 10.9. The minimum Gasteiger partial charge on any atom is -0.314 e. The lowest BCUT2D eigenvalue weighted by Gasteiger charge is -2.37. The first-order valence-electron chi connectivity index (χ1n) is 8.71. The largest absolute Gasteiger partial charge is 0.314 e. The maximum atomic E-state index is 3.79. The van der Waals surface area contributed by atoms with Crippen LogP contribution < -0.4 is 5.32 Å². The van der Waals surface area contributed by atoms with E-state index in [0.29, 0.717) is 5.41 Å². The van der Waals surface area contributed by atoms with Crippen LogP contribution in [-0.4, -0.2) is 12.6 Å². The highest BCUT2D eigenvalue weighted by atomic mass is 14.9. The zero-order valence-electron chi connectivity index (χ0n) is 13.7. The summed E-state index contributed by atoms with van der Waals surface area (Å²) in [5, 5.41) is 3.79. The van der Waals surface area contributed by atoms with Crippen molar-refractivity contribution >= 4 is 0 Å². The Morgan fingerprint density at radius 2 is 1.74 bits per heavy atom. The van der Waals surface area contributed by atoms with Gasteiger partial charge in [-0.05, 0) is 68.2 Å². The molecule has 2 rings (SSSR count). The molecular formula is C18H35N. The molecule has 0 bridgehead atoms. The van der Waals surface area contributed by atoms with Crippen LogP contribution in [0.2, 0.25) is 0 Å². The Bertz CT molecular complexity index is 261. The van der Waals surface area contributed by atoms with Crippen molar-refractivity contribution in [3.8, 4) is 0 Å². The normalized spacial score (nSPS) is 32.5. The molecule has 0 heterocycles. The molecule has 2 saturated carbocycles. The molecule has 1 nitrogen and oxygen atoms in total. The lowest BCUT2D eigenvalue weighted by molar-refractivity contribution is 0.147. The Hall–Kier alpha value is -0.0400. The SMILES string of the molecule is CCC1CCC(CNC2CC2)C(CCC(C)(C)C)C1. The lowest BCUT2D eigenvalue weighted by Crippen LogP contribution is -2.34. The van der Waals surface area contributed by atoms with Crippen LogP contribution in [0.15, 0.2) is 0 Å². The third-order valence-corrected chi connectivity index (χ3v) is 5.34. The van der Waals surface area contributed by atoms with Gasteiger partial charge in [-0.3, -0.25) is 0 Å². The predicted molar refractivity (Wildman–Crippen MR) is 84.3 cm³/mol. The fourth-order valence-electron chi connectivity index (χ4n) is 3.64. The molecule has 1 heteroatoms. The van der Waals surface area contributed by atoms with Crippen LogP contribution >= 0.6 is 0 Å². The van der Waals surface area contributed by atoms with E-state index in [1.165, 1.54) is 57.9 Å². The highest BCUT2D eigenvalue weighted by Gasteiger charge is 2.31. The summed E-state index contributed by atoms with van der Waals surface area (Å²) in [5.41, 5.74) is 0.508. The third-order valence-electron chi connectivity index (χ3n) is 5.34. The van der Waals surface area contributed by atoms with Gasteiger partial charge in [-0.2, -0.15) is 0 Å². The van der Waals surface area contributed by atoms with E-state index >= 15 is 0 Å². The quantitative estimate of drug-likeness (QED) is 0.712. The molecule has 0 radical (unpaired) electrons. The molecule has 0 aromatic heterocycles. The second-order valence-corrected chi connectivity index (χ2v) is 8.39. The molecule has 2 fully saturated rings. The van der Waals surface area contributed by atoms with Crippen LogP contribution in [0.25, 0.3) is 0 Å². The molecule has 0 aliphatic heterocycles. The van der Waals surface area contributed by atoms with Crippen molar-refractivity contribution in [2.75, 3.05) is 6.54 Å². The van der Waals surface area contributed by atoms with E-state index in [1.54, 1.807) is 0 Å². The van der Waals surface area contributed by atoms with Crippen molar-refractivity contribution < 1.29 is 0 Å². The molecule has 2 aliphatic rings. The Morgan fingerprint density at radius 3 is 2.32 bits per heavy atom. The van der Waals surface area contributed by atoms with Gasteiger partial charge in [0.15, 0.2) is 0 Å². The molecule has 19 heavy (non-hydrogen) atoms. The Balaban J connectivity index is 1.82. The predicted octanol–water partition coefficient (Wildman–Crippen LogP) is 5.01. The average Bonchev–Trinajstić information content (AvgIpc) is 3.17. The van der Waals surface area contributed by atoms with E-state index < -0.39 is 0 Å². The summed E-state index contributed by atoms with van der Waals surface area (Å²) < 4.78 is 0. The van der Waals surface area contributed by atoms with E-state index in [-0.39, 0.29) is 0 Å². The molecule has 0 aromatic rings. The number of hydrogen-bond donors (Lipinski definition) is 1. The Kier molecular flexibility index (Phi) is 5.34. The van der Waals surface area contributed by atoms with Crippen LogP contribution in [-0.2, 0) is 0 Å². The maximum Gasteiger partial charge on any atom is 0.00683 e. The standard InChI is InChI=1S/C18H35N/c1-5-14-6-7-16(13-19-17-8-9-17)15(12-14)10-11-18(2,3)4/h14-17,19H,5-13H2,1-4H3. The molecule has 0 aromatic carbocycles. The van der Waals surface area contributed by atoms with E-state index in [2.05, 4.69) is 33.0 Å². The minimum atomic E-state index is 0.508. The molecule has 0 saturated heterocycles. The van der Waals surface area contributed by atoms with Gasteiger partial charge in [0.25, 0.3) is 0 Å². The lowest BCUT2D eigenvalue weighted by atomic mass is 9.70. The van der Waals surface area contributed by atoms with Gasteiger partial charge in [0.2, 0.25) is 0 Å². The summed E-state index contributed by atoms with van der Waals surface area (Å²) in [6.07, 6.45) is 11.6. The van der Waals surface area contributed by atoms with Gasteiger partial charge in [0.1, 0.15) is 0 Å². The summed E-state index contributed by atoms with van der Waals surface area (Å²) >= 11 is 0. The van der Waals surface area contributed by atoms with Gasteiger partial charge in [0.05, 0.1) is 0 Å². The third kappa shape index (κ3) is 5.45. The minimum absolute atomic E-state index is 0.508. The highest BCUT2D eigenvalue weighted by Crippen LogP contribution is 2.40. The van der Waals surface area contributed by atoms with Crippen LogP contribution in [0.1, 0.15) is 79.1 Å². The van der Waals surface area contributed by atoms with Gasteiger partial charge >= 0.3 is 0 Å². The van der Waals surface area contributed by atoms with E-state index in [4.69, 9.17) is 0 Å². The van der Waals surface area contributed by atoms with Crippen molar-refractivity contribution in [1.29, 1.82) is 0 Å². The van der Waals surface area contributed by atoms with Gasteiger partial charge < -0.3 is 5.32 Å². The second-order valence-electron chi connectivity index (χ2n) is 8.39. The number of rotatable bonds is 6. The first kappa shape index (κ1) is 15.4. The van der Waals surface area contributed by atoms with Gasteiger partial charge in [0, 0.05) is 6.04 Å². The summed E-state index contributed by atoms with van der Waals surface area (Å²) in [7, 11) is 0. The first-order valence-corrected chi connectivity index (χ1v) is 8.71. The molecule has 1 N–H and O–H groups in total.